The minimum absolute atomic E-state index is 0.114. The van der Waals surface area contributed by atoms with Gasteiger partial charge in [-0.3, -0.25) is 4.79 Å². The molecule has 0 spiro atoms. The first-order chi connectivity index (χ1) is 12.0. The molecule has 132 valence electrons. The van der Waals surface area contributed by atoms with Crippen LogP contribution in [-0.2, 0) is 0 Å². The molecule has 2 aromatic carbocycles. The summed E-state index contributed by atoms with van der Waals surface area (Å²) in [7, 11) is 4.02. The Morgan fingerprint density at radius 3 is 2.44 bits per heavy atom. The number of amides is 1. The summed E-state index contributed by atoms with van der Waals surface area (Å²) >= 11 is 0. The van der Waals surface area contributed by atoms with Gasteiger partial charge in [0.15, 0.2) is 0 Å². The van der Waals surface area contributed by atoms with Crippen LogP contribution in [0.3, 0.4) is 0 Å². The lowest BCUT2D eigenvalue weighted by Gasteiger charge is -2.28. The van der Waals surface area contributed by atoms with Gasteiger partial charge in [0.2, 0.25) is 0 Å². The fourth-order valence-electron chi connectivity index (χ4n) is 3.34. The van der Waals surface area contributed by atoms with Gasteiger partial charge in [-0.05, 0) is 48.2 Å². The van der Waals surface area contributed by atoms with Crippen molar-refractivity contribution in [3.05, 3.63) is 54.1 Å². The Morgan fingerprint density at radius 2 is 1.72 bits per heavy atom. The fraction of sp³-hybridized carbons (Fsp3) is 0.381. The van der Waals surface area contributed by atoms with E-state index in [9.17, 15) is 9.90 Å². The minimum Gasteiger partial charge on any atom is -0.391 e. The first kappa shape index (κ1) is 17.5. The van der Waals surface area contributed by atoms with Gasteiger partial charge in [-0.2, -0.15) is 0 Å². The molecule has 1 amide bonds. The number of carbonyl (C=O) groups is 1. The molecule has 0 bridgehead atoms. The summed E-state index contributed by atoms with van der Waals surface area (Å²) in [6.07, 6.45) is 3.27. The third kappa shape index (κ3) is 4.20. The average Bonchev–Trinajstić information content (AvgIpc) is 2.64. The summed E-state index contributed by atoms with van der Waals surface area (Å²) in [6, 6.07) is 15.8. The molecular weight excluding hydrogens is 312 g/mol. The smallest absolute Gasteiger partial charge is 0.251 e. The van der Waals surface area contributed by atoms with Crippen molar-refractivity contribution in [2.75, 3.05) is 19.0 Å². The van der Waals surface area contributed by atoms with E-state index < -0.39 is 6.10 Å². The van der Waals surface area contributed by atoms with E-state index in [-0.39, 0.29) is 11.9 Å². The molecule has 4 nitrogen and oxygen atoms in total. The Kier molecular flexibility index (Phi) is 5.39. The number of carbonyl (C=O) groups excluding carboxylic acids is 1. The van der Waals surface area contributed by atoms with Crippen LogP contribution < -0.4 is 10.2 Å². The Hall–Kier alpha value is -2.33. The third-order valence-electron chi connectivity index (χ3n) is 4.87. The molecule has 0 heterocycles. The third-order valence-corrected chi connectivity index (χ3v) is 4.87. The highest BCUT2D eigenvalue weighted by Gasteiger charge is 2.24. The van der Waals surface area contributed by atoms with Crippen molar-refractivity contribution in [2.45, 2.75) is 37.8 Å². The van der Waals surface area contributed by atoms with Crippen molar-refractivity contribution in [2.24, 2.45) is 0 Å². The van der Waals surface area contributed by atoms with Gasteiger partial charge >= 0.3 is 0 Å². The van der Waals surface area contributed by atoms with Gasteiger partial charge in [0, 0.05) is 25.3 Å². The molecule has 4 heteroatoms. The number of benzene rings is 2. The summed E-state index contributed by atoms with van der Waals surface area (Å²) in [4.78, 5) is 14.6. The highest BCUT2D eigenvalue weighted by atomic mass is 16.3. The highest BCUT2D eigenvalue weighted by Crippen LogP contribution is 2.25. The number of nitrogens with zero attached hydrogens (tertiary/aromatic N) is 1. The number of hydrogen-bond donors (Lipinski definition) is 2. The Labute approximate surface area is 149 Å². The lowest BCUT2D eigenvalue weighted by molar-refractivity contribution is 0.0717. The summed E-state index contributed by atoms with van der Waals surface area (Å²) in [6.45, 7) is 0. The van der Waals surface area contributed by atoms with Gasteiger partial charge < -0.3 is 15.3 Å². The Balaban J connectivity index is 1.79. The van der Waals surface area contributed by atoms with Crippen molar-refractivity contribution < 1.29 is 9.90 Å². The van der Waals surface area contributed by atoms with Crippen LogP contribution >= 0.6 is 0 Å². The predicted molar refractivity (Wildman–Crippen MR) is 102 cm³/mol. The summed E-state index contributed by atoms with van der Waals surface area (Å²) in [5, 5.41) is 13.1. The number of hydrogen-bond acceptors (Lipinski definition) is 3. The first-order valence-corrected chi connectivity index (χ1v) is 8.91. The van der Waals surface area contributed by atoms with E-state index in [0.29, 0.717) is 5.56 Å². The van der Waals surface area contributed by atoms with Gasteiger partial charge in [-0.15, -0.1) is 0 Å². The van der Waals surface area contributed by atoms with Crippen molar-refractivity contribution in [3.63, 3.8) is 0 Å². The second kappa shape index (κ2) is 7.70. The Bertz CT molecular complexity index is 742. The summed E-state index contributed by atoms with van der Waals surface area (Å²) in [5.41, 5.74) is 3.85. The molecule has 1 fully saturated rings. The van der Waals surface area contributed by atoms with Gasteiger partial charge in [-0.25, -0.2) is 0 Å². The van der Waals surface area contributed by atoms with Crippen LogP contribution in [0.25, 0.3) is 11.1 Å². The molecule has 2 atom stereocenters. The number of rotatable bonds is 4. The number of anilines is 1. The van der Waals surface area contributed by atoms with E-state index in [1.54, 1.807) is 0 Å². The molecule has 1 saturated carbocycles. The standard InChI is InChI=1S/C21H26N2O2/c1-23(2)18-10-6-8-16(14-18)15-7-5-9-17(13-15)21(25)22-19-11-3-4-12-20(19)24/h5-10,13-14,19-20,24H,3-4,11-12H2,1-2H3,(H,22,25)/t19-,20-/m1/s1. The highest BCUT2D eigenvalue weighted by molar-refractivity contribution is 5.95. The molecular formula is C21H26N2O2. The van der Waals surface area contributed by atoms with E-state index in [2.05, 4.69) is 28.4 Å². The van der Waals surface area contributed by atoms with Crippen molar-refractivity contribution in [1.29, 1.82) is 0 Å². The van der Waals surface area contributed by atoms with Crippen LogP contribution in [0.2, 0.25) is 0 Å². The maximum Gasteiger partial charge on any atom is 0.251 e. The lowest BCUT2D eigenvalue weighted by atomic mass is 9.92. The molecule has 0 aromatic heterocycles. The largest absolute Gasteiger partial charge is 0.391 e. The van der Waals surface area contributed by atoms with Crippen LogP contribution in [0.5, 0.6) is 0 Å². The molecule has 2 N–H and O–H groups in total. The molecule has 2 aromatic rings. The monoisotopic (exact) mass is 338 g/mol. The van der Waals surface area contributed by atoms with Crippen LogP contribution in [0.15, 0.2) is 48.5 Å². The van der Waals surface area contributed by atoms with Gasteiger partial charge in [0.25, 0.3) is 5.91 Å². The van der Waals surface area contributed by atoms with Crippen LogP contribution in [-0.4, -0.2) is 37.3 Å². The van der Waals surface area contributed by atoms with Crippen LogP contribution in [0.1, 0.15) is 36.0 Å². The van der Waals surface area contributed by atoms with E-state index in [1.807, 2.05) is 44.4 Å². The van der Waals surface area contributed by atoms with E-state index in [4.69, 9.17) is 0 Å². The number of aliphatic hydroxyl groups excluding tert-OH is 1. The van der Waals surface area contributed by atoms with E-state index in [0.717, 1.165) is 42.5 Å². The maximum atomic E-state index is 12.6. The second-order valence-electron chi connectivity index (χ2n) is 6.96. The fourth-order valence-corrected chi connectivity index (χ4v) is 3.34. The van der Waals surface area contributed by atoms with Crippen LogP contribution in [0, 0.1) is 0 Å². The summed E-state index contributed by atoms with van der Waals surface area (Å²) < 4.78 is 0. The molecule has 0 saturated heterocycles. The topological polar surface area (TPSA) is 52.6 Å². The molecule has 0 radical (unpaired) electrons. The van der Waals surface area contributed by atoms with E-state index in [1.165, 1.54) is 0 Å². The summed E-state index contributed by atoms with van der Waals surface area (Å²) in [5.74, 6) is -0.114. The SMILES string of the molecule is CN(C)c1cccc(-c2cccc(C(=O)N[C@@H]3CCCC[C@H]3O)c2)c1. The van der Waals surface area contributed by atoms with Gasteiger partial charge in [0.05, 0.1) is 12.1 Å². The van der Waals surface area contributed by atoms with Crippen molar-refractivity contribution >= 4 is 11.6 Å². The van der Waals surface area contributed by atoms with E-state index >= 15 is 0 Å². The normalized spacial score (nSPS) is 20.1. The maximum absolute atomic E-state index is 12.6. The Morgan fingerprint density at radius 1 is 1.04 bits per heavy atom. The molecule has 1 aliphatic rings. The molecule has 0 aliphatic heterocycles. The molecule has 1 aliphatic carbocycles. The quantitative estimate of drug-likeness (QED) is 0.898. The lowest BCUT2D eigenvalue weighted by Crippen LogP contribution is -2.45. The zero-order valence-corrected chi connectivity index (χ0v) is 14.9. The minimum atomic E-state index is -0.433. The first-order valence-electron chi connectivity index (χ1n) is 8.91. The number of nitrogens with one attached hydrogen (secondary N) is 1. The zero-order chi connectivity index (χ0) is 17.8. The predicted octanol–water partition coefficient (Wildman–Crippen LogP) is 3.45. The average molecular weight is 338 g/mol. The molecule has 25 heavy (non-hydrogen) atoms. The molecule has 0 unspecified atom stereocenters. The van der Waals surface area contributed by atoms with Gasteiger partial charge in [0.1, 0.15) is 0 Å². The van der Waals surface area contributed by atoms with Crippen LogP contribution in [0.4, 0.5) is 5.69 Å². The van der Waals surface area contributed by atoms with Crippen molar-refractivity contribution in [3.8, 4) is 11.1 Å². The van der Waals surface area contributed by atoms with Crippen molar-refractivity contribution in [1.82, 2.24) is 5.32 Å². The second-order valence-corrected chi connectivity index (χ2v) is 6.96. The van der Waals surface area contributed by atoms with Gasteiger partial charge in [-0.1, -0.05) is 37.1 Å². The number of aliphatic hydroxyl groups is 1. The zero-order valence-electron chi connectivity index (χ0n) is 14.9. The molecule has 3 rings (SSSR count).